The van der Waals surface area contributed by atoms with Gasteiger partial charge in [0.1, 0.15) is 0 Å². The molecule has 0 spiro atoms. The molecule has 1 rings (SSSR count). The van der Waals surface area contributed by atoms with Gasteiger partial charge >= 0.3 is 0 Å². The lowest BCUT2D eigenvalue weighted by Gasteiger charge is -2.28. The Balaban J connectivity index is 2.44. The smallest absolute Gasteiger partial charge is 0.0780 e. The fourth-order valence-electron chi connectivity index (χ4n) is 1.86. The van der Waals surface area contributed by atoms with Gasteiger partial charge in [-0.3, -0.25) is 0 Å². The Morgan fingerprint density at radius 2 is 2.00 bits per heavy atom. The molecule has 2 atom stereocenters. The van der Waals surface area contributed by atoms with E-state index >= 15 is 0 Å². The summed E-state index contributed by atoms with van der Waals surface area (Å²) in [5.74, 6) is 0. The highest BCUT2D eigenvalue weighted by Gasteiger charge is 2.26. The van der Waals surface area contributed by atoms with Crippen molar-refractivity contribution in [2.75, 3.05) is 26.4 Å². The second-order valence-electron chi connectivity index (χ2n) is 4.77. The molecule has 19 heavy (non-hydrogen) atoms. The van der Waals surface area contributed by atoms with Crippen molar-refractivity contribution < 1.29 is 14.6 Å². The van der Waals surface area contributed by atoms with Crippen molar-refractivity contribution in [3.05, 3.63) is 35.9 Å². The Morgan fingerprint density at radius 3 is 2.58 bits per heavy atom. The molecule has 4 nitrogen and oxygen atoms in total. The molecular formula is C15H25NO3. The van der Waals surface area contributed by atoms with Crippen molar-refractivity contribution >= 4 is 0 Å². The third-order valence-corrected chi connectivity index (χ3v) is 3.14. The third kappa shape index (κ3) is 5.28. The molecule has 4 heteroatoms. The molecule has 0 aromatic heterocycles. The minimum atomic E-state index is -0.743. The average molecular weight is 267 g/mol. The fraction of sp³-hybridized carbons (Fsp3) is 0.600. The lowest BCUT2D eigenvalue weighted by atomic mass is 9.89. The highest BCUT2D eigenvalue weighted by molar-refractivity contribution is 5.23. The zero-order chi connectivity index (χ0) is 14.1. The van der Waals surface area contributed by atoms with E-state index in [-0.39, 0.29) is 12.7 Å². The molecule has 0 aliphatic carbocycles. The van der Waals surface area contributed by atoms with Crippen molar-refractivity contribution in [1.29, 1.82) is 0 Å². The molecule has 0 aliphatic heterocycles. The number of ether oxygens (including phenoxy) is 2. The Hall–Kier alpha value is -0.940. The van der Waals surface area contributed by atoms with E-state index in [0.717, 1.165) is 5.56 Å². The first-order valence-corrected chi connectivity index (χ1v) is 6.77. The van der Waals surface area contributed by atoms with E-state index in [2.05, 4.69) is 0 Å². The molecule has 0 amide bonds. The molecule has 0 fully saturated rings. The van der Waals surface area contributed by atoms with Crippen LogP contribution in [0, 0.1) is 0 Å². The molecule has 0 saturated carbocycles. The lowest BCUT2D eigenvalue weighted by Crippen LogP contribution is -2.42. The topological polar surface area (TPSA) is 64.7 Å². The van der Waals surface area contributed by atoms with E-state index in [4.69, 9.17) is 15.2 Å². The lowest BCUT2D eigenvalue weighted by molar-refractivity contribution is -0.0123. The van der Waals surface area contributed by atoms with Crippen molar-refractivity contribution in [1.82, 2.24) is 0 Å². The molecule has 3 N–H and O–H groups in total. The maximum Gasteiger partial charge on any atom is 0.0780 e. The maximum atomic E-state index is 9.54. The summed E-state index contributed by atoms with van der Waals surface area (Å²) in [6.45, 7) is 5.60. The van der Waals surface area contributed by atoms with Crippen LogP contribution >= 0.6 is 0 Å². The van der Waals surface area contributed by atoms with E-state index in [0.29, 0.717) is 26.2 Å². The Kier molecular flexibility index (Phi) is 7.02. The van der Waals surface area contributed by atoms with Crippen molar-refractivity contribution in [3.63, 3.8) is 0 Å². The minimum absolute atomic E-state index is 0.0404. The number of nitrogens with two attached hydrogens (primary N) is 1. The molecule has 0 bridgehead atoms. The van der Waals surface area contributed by atoms with Crippen LogP contribution in [0.5, 0.6) is 0 Å². The van der Waals surface area contributed by atoms with E-state index in [9.17, 15) is 5.11 Å². The third-order valence-electron chi connectivity index (χ3n) is 3.14. The summed E-state index contributed by atoms with van der Waals surface area (Å²) in [5, 5.41) is 9.54. The fourth-order valence-corrected chi connectivity index (χ4v) is 1.86. The molecule has 0 aliphatic rings. The summed E-state index contributed by atoms with van der Waals surface area (Å²) in [6, 6.07) is 9.64. The molecule has 0 saturated heterocycles. The van der Waals surface area contributed by atoms with Crippen LogP contribution in [0.1, 0.15) is 25.8 Å². The van der Waals surface area contributed by atoms with Gasteiger partial charge in [-0.1, -0.05) is 30.3 Å². The zero-order valence-electron chi connectivity index (χ0n) is 11.8. The van der Waals surface area contributed by atoms with E-state index < -0.39 is 5.54 Å². The molecular weight excluding hydrogens is 242 g/mol. The van der Waals surface area contributed by atoms with Gasteiger partial charge in [0.05, 0.1) is 24.9 Å². The monoisotopic (exact) mass is 267 g/mol. The Labute approximate surface area is 115 Å². The van der Waals surface area contributed by atoms with Gasteiger partial charge in [-0.15, -0.1) is 0 Å². The molecule has 1 aromatic rings. The van der Waals surface area contributed by atoms with Crippen LogP contribution in [0.4, 0.5) is 0 Å². The predicted octanol–water partition coefficient (Wildman–Crippen LogP) is 1.66. The summed E-state index contributed by atoms with van der Waals surface area (Å²) in [6.07, 6.45) is 0.614. The van der Waals surface area contributed by atoms with Crippen LogP contribution in [-0.4, -0.2) is 37.6 Å². The SMILES string of the molecule is CCOCC(C)OCCC(N)(CO)c1ccccc1. The average Bonchev–Trinajstić information content (AvgIpc) is 2.45. The van der Waals surface area contributed by atoms with Gasteiger partial charge in [0.2, 0.25) is 0 Å². The van der Waals surface area contributed by atoms with E-state index in [1.807, 2.05) is 44.2 Å². The minimum Gasteiger partial charge on any atom is -0.394 e. The molecule has 2 unspecified atom stereocenters. The van der Waals surface area contributed by atoms with Crippen LogP contribution < -0.4 is 5.73 Å². The quantitative estimate of drug-likeness (QED) is 0.714. The van der Waals surface area contributed by atoms with Crippen LogP contribution in [0.2, 0.25) is 0 Å². The number of benzene rings is 1. The number of rotatable bonds is 9. The first-order valence-electron chi connectivity index (χ1n) is 6.77. The second kappa shape index (κ2) is 8.27. The standard InChI is InChI=1S/C15H25NO3/c1-3-18-11-13(2)19-10-9-15(16,12-17)14-7-5-4-6-8-14/h4-8,13,17H,3,9-12,16H2,1-2H3. The van der Waals surface area contributed by atoms with Crippen LogP contribution in [0.25, 0.3) is 0 Å². The van der Waals surface area contributed by atoms with Gasteiger partial charge in [0.25, 0.3) is 0 Å². The molecule has 0 radical (unpaired) electrons. The Morgan fingerprint density at radius 1 is 1.32 bits per heavy atom. The number of aliphatic hydroxyl groups excluding tert-OH is 1. The summed E-state index contributed by atoms with van der Waals surface area (Å²) >= 11 is 0. The van der Waals surface area contributed by atoms with Gasteiger partial charge in [0, 0.05) is 13.2 Å². The number of aliphatic hydroxyl groups is 1. The Bertz CT molecular complexity index is 345. The van der Waals surface area contributed by atoms with Gasteiger partial charge in [-0.05, 0) is 25.8 Å². The summed E-state index contributed by atoms with van der Waals surface area (Å²) in [5.41, 5.74) is 6.43. The van der Waals surface area contributed by atoms with Gasteiger partial charge in [-0.2, -0.15) is 0 Å². The first kappa shape index (κ1) is 16.1. The highest BCUT2D eigenvalue weighted by Crippen LogP contribution is 2.21. The van der Waals surface area contributed by atoms with Crippen molar-refractivity contribution in [2.45, 2.75) is 31.9 Å². The van der Waals surface area contributed by atoms with E-state index in [1.165, 1.54) is 0 Å². The normalized spacial score (nSPS) is 16.0. The number of hydrogen-bond acceptors (Lipinski definition) is 4. The van der Waals surface area contributed by atoms with Crippen LogP contribution in [-0.2, 0) is 15.0 Å². The van der Waals surface area contributed by atoms with Crippen LogP contribution in [0.3, 0.4) is 0 Å². The summed E-state index contributed by atoms with van der Waals surface area (Å²) < 4.78 is 10.9. The summed E-state index contributed by atoms with van der Waals surface area (Å²) in [4.78, 5) is 0. The molecule has 1 aromatic carbocycles. The maximum absolute atomic E-state index is 9.54. The zero-order valence-corrected chi connectivity index (χ0v) is 11.8. The number of hydrogen-bond donors (Lipinski definition) is 2. The summed E-state index contributed by atoms with van der Waals surface area (Å²) in [7, 11) is 0. The van der Waals surface area contributed by atoms with Gasteiger partial charge in [0.15, 0.2) is 0 Å². The largest absolute Gasteiger partial charge is 0.394 e. The molecule has 108 valence electrons. The van der Waals surface area contributed by atoms with E-state index in [1.54, 1.807) is 0 Å². The van der Waals surface area contributed by atoms with Crippen molar-refractivity contribution in [3.8, 4) is 0 Å². The van der Waals surface area contributed by atoms with Crippen LogP contribution in [0.15, 0.2) is 30.3 Å². The van der Waals surface area contributed by atoms with Gasteiger partial charge in [-0.25, -0.2) is 0 Å². The second-order valence-corrected chi connectivity index (χ2v) is 4.77. The highest BCUT2D eigenvalue weighted by atomic mass is 16.5. The molecule has 0 heterocycles. The van der Waals surface area contributed by atoms with Gasteiger partial charge < -0.3 is 20.3 Å². The van der Waals surface area contributed by atoms with Crippen molar-refractivity contribution in [2.24, 2.45) is 5.73 Å². The first-order chi connectivity index (χ1) is 9.12. The predicted molar refractivity (Wildman–Crippen MR) is 75.9 cm³/mol.